The molecule has 1 aliphatic rings. The second kappa shape index (κ2) is 7.02. The zero-order chi connectivity index (χ0) is 15.4. The quantitative estimate of drug-likeness (QED) is 0.780. The van der Waals surface area contributed by atoms with Gasteiger partial charge in [0.25, 0.3) is 5.91 Å². The molecule has 1 aromatic rings. The lowest BCUT2D eigenvalue weighted by atomic mass is 9.98. The number of carbonyl (C=O) groups excluding carboxylic acids is 2. The van der Waals surface area contributed by atoms with E-state index in [1.165, 1.54) is 19.2 Å². The van der Waals surface area contributed by atoms with E-state index in [4.69, 9.17) is 0 Å². The van der Waals surface area contributed by atoms with Crippen LogP contribution in [-0.4, -0.2) is 36.5 Å². The summed E-state index contributed by atoms with van der Waals surface area (Å²) in [7, 11) is 1.33. The molecule has 0 bridgehead atoms. The number of rotatable bonds is 3. The van der Waals surface area contributed by atoms with Crippen LogP contribution in [0, 0.1) is 5.82 Å². The first-order valence-electron chi connectivity index (χ1n) is 6.85. The van der Waals surface area contributed by atoms with Crippen LogP contribution in [0.25, 0.3) is 0 Å². The van der Waals surface area contributed by atoms with Gasteiger partial charge < -0.3 is 9.64 Å². The van der Waals surface area contributed by atoms with Crippen LogP contribution in [0.3, 0.4) is 0 Å². The average Bonchev–Trinajstić information content (AvgIpc) is 2.46. The smallest absolute Gasteiger partial charge is 0.307 e. The van der Waals surface area contributed by atoms with E-state index in [1.807, 2.05) is 0 Å². The summed E-state index contributed by atoms with van der Waals surface area (Å²) >= 11 is 3.19. The summed E-state index contributed by atoms with van der Waals surface area (Å²) < 4.78 is 18.6. The molecular weight excluding hydrogens is 341 g/mol. The first kappa shape index (κ1) is 15.9. The van der Waals surface area contributed by atoms with E-state index in [-0.39, 0.29) is 24.3 Å². The van der Waals surface area contributed by atoms with Crippen LogP contribution < -0.4 is 0 Å². The van der Waals surface area contributed by atoms with Gasteiger partial charge in [-0.25, -0.2) is 4.39 Å². The van der Waals surface area contributed by atoms with Crippen LogP contribution in [0.4, 0.5) is 4.39 Å². The van der Waals surface area contributed by atoms with Crippen molar-refractivity contribution in [3.8, 4) is 0 Å². The van der Waals surface area contributed by atoms with Crippen molar-refractivity contribution in [3.63, 3.8) is 0 Å². The molecule has 1 heterocycles. The average molecular weight is 358 g/mol. The zero-order valence-electron chi connectivity index (χ0n) is 11.8. The molecule has 0 N–H and O–H groups in total. The molecular formula is C15H17BrFNO3. The molecule has 0 saturated carbocycles. The van der Waals surface area contributed by atoms with Gasteiger partial charge in [-0.2, -0.15) is 0 Å². The largest absolute Gasteiger partial charge is 0.469 e. The van der Waals surface area contributed by atoms with Crippen molar-refractivity contribution in [2.24, 2.45) is 0 Å². The van der Waals surface area contributed by atoms with Gasteiger partial charge in [-0.05, 0) is 37.5 Å². The van der Waals surface area contributed by atoms with Crippen molar-refractivity contribution < 1.29 is 18.7 Å². The number of hydrogen-bond acceptors (Lipinski definition) is 3. The van der Waals surface area contributed by atoms with Gasteiger partial charge >= 0.3 is 5.97 Å². The summed E-state index contributed by atoms with van der Waals surface area (Å²) in [5.74, 6) is -1.04. The predicted octanol–water partition coefficient (Wildman–Crippen LogP) is 3.15. The molecule has 1 aromatic carbocycles. The van der Waals surface area contributed by atoms with Crippen molar-refractivity contribution >= 4 is 27.8 Å². The van der Waals surface area contributed by atoms with Gasteiger partial charge in [0.1, 0.15) is 5.82 Å². The molecule has 21 heavy (non-hydrogen) atoms. The van der Waals surface area contributed by atoms with E-state index < -0.39 is 5.82 Å². The fourth-order valence-corrected chi connectivity index (χ4v) is 3.06. The maximum absolute atomic E-state index is 13.4. The van der Waals surface area contributed by atoms with Crippen LogP contribution in [0.2, 0.25) is 0 Å². The summed E-state index contributed by atoms with van der Waals surface area (Å²) in [6.45, 7) is 0.578. The highest BCUT2D eigenvalue weighted by Gasteiger charge is 2.29. The molecule has 0 aliphatic carbocycles. The van der Waals surface area contributed by atoms with Gasteiger partial charge in [0.15, 0.2) is 0 Å². The van der Waals surface area contributed by atoms with Crippen molar-refractivity contribution in [3.05, 3.63) is 34.1 Å². The number of amides is 1. The van der Waals surface area contributed by atoms with Gasteiger partial charge in [-0.3, -0.25) is 9.59 Å². The Morgan fingerprint density at radius 3 is 2.81 bits per heavy atom. The van der Waals surface area contributed by atoms with Gasteiger partial charge in [0.05, 0.1) is 13.5 Å². The Morgan fingerprint density at radius 2 is 2.14 bits per heavy atom. The standard InChI is InChI=1S/C15H17BrFNO3/c1-21-14(19)9-13-4-2-3-5-18(13)15(20)10-6-11(16)8-12(17)7-10/h6-8,13H,2-5,9H2,1H3. The Hall–Kier alpha value is -1.43. The van der Waals surface area contributed by atoms with Gasteiger partial charge in [-0.1, -0.05) is 15.9 Å². The van der Waals surface area contributed by atoms with Crippen molar-refractivity contribution in [1.82, 2.24) is 4.90 Å². The summed E-state index contributed by atoms with van der Waals surface area (Å²) in [5, 5.41) is 0. The number of piperidine rings is 1. The van der Waals surface area contributed by atoms with E-state index in [9.17, 15) is 14.0 Å². The highest BCUT2D eigenvalue weighted by molar-refractivity contribution is 9.10. The summed E-state index contributed by atoms with van der Waals surface area (Å²) in [6, 6.07) is 3.94. The highest BCUT2D eigenvalue weighted by Crippen LogP contribution is 2.24. The Labute approximate surface area is 131 Å². The molecule has 1 saturated heterocycles. The van der Waals surface area contributed by atoms with E-state index in [0.717, 1.165) is 19.3 Å². The lowest BCUT2D eigenvalue weighted by Crippen LogP contribution is -2.44. The second-order valence-corrected chi connectivity index (χ2v) is 6.00. The third kappa shape index (κ3) is 4.03. The fraction of sp³-hybridized carbons (Fsp3) is 0.467. The van der Waals surface area contributed by atoms with E-state index >= 15 is 0 Å². The van der Waals surface area contributed by atoms with Crippen LogP contribution in [0.15, 0.2) is 22.7 Å². The summed E-state index contributed by atoms with van der Waals surface area (Å²) in [4.78, 5) is 25.7. The Morgan fingerprint density at radius 1 is 1.38 bits per heavy atom. The number of likely N-dealkylation sites (tertiary alicyclic amines) is 1. The molecule has 1 amide bonds. The number of benzene rings is 1. The third-order valence-corrected chi connectivity index (χ3v) is 4.09. The lowest BCUT2D eigenvalue weighted by molar-refractivity contribution is -0.142. The SMILES string of the molecule is COC(=O)CC1CCCCN1C(=O)c1cc(F)cc(Br)c1. The molecule has 6 heteroatoms. The maximum atomic E-state index is 13.4. The minimum atomic E-state index is -0.464. The molecule has 0 spiro atoms. The fourth-order valence-electron chi connectivity index (χ4n) is 2.60. The molecule has 1 unspecified atom stereocenters. The third-order valence-electron chi connectivity index (χ3n) is 3.63. The number of carbonyl (C=O) groups is 2. The van der Waals surface area contributed by atoms with Crippen LogP contribution in [-0.2, 0) is 9.53 Å². The molecule has 114 valence electrons. The van der Waals surface area contributed by atoms with Crippen LogP contribution >= 0.6 is 15.9 Å². The molecule has 1 aliphatic heterocycles. The minimum absolute atomic E-state index is 0.179. The molecule has 0 radical (unpaired) electrons. The normalized spacial score (nSPS) is 18.4. The van der Waals surface area contributed by atoms with E-state index in [2.05, 4.69) is 20.7 Å². The number of halogens is 2. The molecule has 1 atom stereocenters. The first-order valence-corrected chi connectivity index (χ1v) is 7.64. The van der Waals surface area contributed by atoms with E-state index in [1.54, 1.807) is 11.0 Å². The number of ether oxygens (including phenoxy) is 1. The Balaban J connectivity index is 2.19. The Kier molecular flexibility index (Phi) is 5.33. The van der Waals surface area contributed by atoms with Crippen LogP contribution in [0.1, 0.15) is 36.0 Å². The molecule has 0 aromatic heterocycles. The number of hydrogen-bond donors (Lipinski definition) is 0. The van der Waals surface area contributed by atoms with Crippen molar-refractivity contribution in [2.45, 2.75) is 31.7 Å². The first-order chi connectivity index (χ1) is 10.0. The van der Waals surface area contributed by atoms with E-state index in [0.29, 0.717) is 16.6 Å². The summed E-state index contributed by atoms with van der Waals surface area (Å²) in [5.41, 5.74) is 0.290. The van der Waals surface area contributed by atoms with Gasteiger partial charge in [0.2, 0.25) is 0 Å². The number of nitrogens with zero attached hydrogens (tertiary/aromatic N) is 1. The van der Waals surface area contributed by atoms with Crippen LogP contribution in [0.5, 0.6) is 0 Å². The van der Waals surface area contributed by atoms with Gasteiger partial charge in [-0.15, -0.1) is 0 Å². The lowest BCUT2D eigenvalue weighted by Gasteiger charge is -2.35. The zero-order valence-corrected chi connectivity index (χ0v) is 13.4. The molecule has 4 nitrogen and oxygen atoms in total. The monoisotopic (exact) mass is 357 g/mol. The van der Waals surface area contributed by atoms with Crippen molar-refractivity contribution in [1.29, 1.82) is 0 Å². The minimum Gasteiger partial charge on any atom is -0.469 e. The van der Waals surface area contributed by atoms with Crippen molar-refractivity contribution in [2.75, 3.05) is 13.7 Å². The van der Waals surface area contributed by atoms with Gasteiger partial charge in [0, 0.05) is 22.6 Å². The number of esters is 1. The second-order valence-electron chi connectivity index (χ2n) is 5.09. The maximum Gasteiger partial charge on any atom is 0.307 e. The summed E-state index contributed by atoms with van der Waals surface area (Å²) in [6.07, 6.45) is 2.80. The highest BCUT2D eigenvalue weighted by atomic mass is 79.9. The Bertz CT molecular complexity index is 529. The molecule has 1 fully saturated rings. The predicted molar refractivity (Wildman–Crippen MR) is 79.4 cm³/mol. The molecule has 2 rings (SSSR count). The topological polar surface area (TPSA) is 46.6 Å². The number of methoxy groups -OCH3 is 1.